The Bertz CT molecular complexity index is 1450. The molecule has 3 aromatic carbocycles. The van der Waals surface area contributed by atoms with E-state index in [4.69, 9.17) is 9.57 Å². The molecule has 1 aliphatic rings. The lowest BCUT2D eigenvalue weighted by Gasteiger charge is -2.23. The summed E-state index contributed by atoms with van der Waals surface area (Å²) in [5.41, 5.74) is 4.11. The standard InChI is InChI=1S/C24H19N7O3/c1-33-24(32)20-21(27-34-22(20)15-9-3-2-4-10-15)23(30-18-13-7-5-11-16(18)25-28-30)31-19-14-8-6-12-17(19)26-29-31/h2-14,20,22-23H,1H3. The minimum absolute atomic E-state index is 0.395. The van der Waals surface area contributed by atoms with Crippen molar-refractivity contribution in [2.24, 2.45) is 11.1 Å². The molecule has 168 valence electrons. The first-order chi connectivity index (χ1) is 16.8. The number of ether oxygens (including phenoxy) is 1. The molecule has 0 radical (unpaired) electrons. The van der Waals surface area contributed by atoms with Gasteiger partial charge in [-0.2, -0.15) is 0 Å². The Kier molecular flexibility index (Phi) is 4.76. The fourth-order valence-electron chi connectivity index (χ4n) is 4.35. The summed E-state index contributed by atoms with van der Waals surface area (Å²) >= 11 is 0. The molecule has 0 bridgehead atoms. The summed E-state index contributed by atoms with van der Waals surface area (Å²) in [6.45, 7) is 0. The van der Waals surface area contributed by atoms with E-state index in [1.54, 1.807) is 9.36 Å². The van der Waals surface area contributed by atoms with Crippen LogP contribution in [0.3, 0.4) is 0 Å². The summed E-state index contributed by atoms with van der Waals surface area (Å²) in [4.78, 5) is 19.0. The second-order valence-electron chi connectivity index (χ2n) is 7.87. The molecule has 0 spiro atoms. The molecule has 0 fully saturated rings. The third-order valence-electron chi connectivity index (χ3n) is 5.96. The fourth-order valence-corrected chi connectivity index (χ4v) is 4.35. The Morgan fingerprint density at radius 3 is 2.00 bits per heavy atom. The molecule has 0 saturated heterocycles. The smallest absolute Gasteiger partial charge is 0.319 e. The van der Waals surface area contributed by atoms with Gasteiger partial charge in [0.05, 0.1) is 18.1 Å². The maximum absolute atomic E-state index is 13.1. The van der Waals surface area contributed by atoms with Crippen LogP contribution in [0.1, 0.15) is 17.8 Å². The predicted molar refractivity (Wildman–Crippen MR) is 123 cm³/mol. The minimum atomic E-state index is -0.830. The molecule has 3 heterocycles. The van der Waals surface area contributed by atoms with Gasteiger partial charge in [0, 0.05) is 0 Å². The molecule has 2 atom stereocenters. The number of para-hydroxylation sites is 2. The number of rotatable bonds is 5. The number of aromatic nitrogens is 6. The first-order valence-corrected chi connectivity index (χ1v) is 10.7. The fraction of sp³-hybridized carbons (Fsp3) is 0.167. The topological polar surface area (TPSA) is 109 Å². The molecule has 0 amide bonds. The predicted octanol–water partition coefficient (Wildman–Crippen LogP) is 3.14. The largest absolute Gasteiger partial charge is 0.468 e. The number of nitrogens with zero attached hydrogens (tertiary/aromatic N) is 7. The van der Waals surface area contributed by atoms with E-state index in [1.807, 2.05) is 78.9 Å². The van der Waals surface area contributed by atoms with Crippen LogP contribution in [0.4, 0.5) is 0 Å². The summed E-state index contributed by atoms with van der Waals surface area (Å²) in [5, 5.41) is 21.8. The molecular formula is C24H19N7O3. The zero-order valence-electron chi connectivity index (χ0n) is 18.1. The lowest BCUT2D eigenvalue weighted by molar-refractivity contribution is -0.146. The van der Waals surface area contributed by atoms with E-state index in [9.17, 15) is 4.79 Å². The van der Waals surface area contributed by atoms with Crippen LogP contribution in [0, 0.1) is 5.92 Å². The van der Waals surface area contributed by atoms with E-state index in [0.29, 0.717) is 16.7 Å². The Morgan fingerprint density at radius 1 is 0.853 bits per heavy atom. The molecule has 2 aromatic heterocycles. The molecule has 0 aliphatic carbocycles. The Labute approximate surface area is 193 Å². The number of carbonyl (C=O) groups excluding carboxylic acids is 1. The second-order valence-corrected chi connectivity index (χ2v) is 7.87. The number of fused-ring (bicyclic) bond motifs is 2. The van der Waals surface area contributed by atoms with E-state index < -0.39 is 24.2 Å². The van der Waals surface area contributed by atoms with Crippen molar-refractivity contribution in [1.82, 2.24) is 30.0 Å². The van der Waals surface area contributed by atoms with Crippen LogP contribution >= 0.6 is 0 Å². The minimum Gasteiger partial charge on any atom is -0.468 e. The quantitative estimate of drug-likeness (QED) is 0.376. The number of oxime groups is 1. The van der Waals surface area contributed by atoms with Crippen molar-refractivity contribution in [2.45, 2.75) is 12.3 Å². The third kappa shape index (κ3) is 3.11. The van der Waals surface area contributed by atoms with Crippen molar-refractivity contribution < 1.29 is 14.4 Å². The lowest BCUT2D eigenvalue weighted by atomic mass is 9.90. The van der Waals surface area contributed by atoms with E-state index in [2.05, 4.69) is 25.8 Å². The van der Waals surface area contributed by atoms with Gasteiger partial charge in [0.15, 0.2) is 12.3 Å². The van der Waals surface area contributed by atoms with Crippen molar-refractivity contribution in [3.05, 3.63) is 84.4 Å². The monoisotopic (exact) mass is 453 g/mol. The van der Waals surface area contributed by atoms with Gasteiger partial charge in [-0.15, -0.1) is 10.2 Å². The van der Waals surface area contributed by atoms with Crippen molar-refractivity contribution in [2.75, 3.05) is 7.11 Å². The molecule has 10 heteroatoms. The number of esters is 1. The highest BCUT2D eigenvalue weighted by Gasteiger charge is 2.47. The maximum atomic E-state index is 13.1. The molecule has 0 saturated carbocycles. The molecular weight excluding hydrogens is 434 g/mol. The first kappa shape index (κ1) is 20.0. The van der Waals surface area contributed by atoms with Crippen molar-refractivity contribution >= 4 is 33.7 Å². The van der Waals surface area contributed by atoms with Gasteiger partial charge in [0.1, 0.15) is 22.7 Å². The van der Waals surface area contributed by atoms with Crippen LogP contribution in [0.25, 0.3) is 22.1 Å². The van der Waals surface area contributed by atoms with Crippen LogP contribution in [-0.2, 0) is 14.4 Å². The highest BCUT2D eigenvalue weighted by Crippen LogP contribution is 2.38. The summed E-state index contributed by atoms with van der Waals surface area (Å²) in [6, 6.07) is 24.6. The van der Waals surface area contributed by atoms with E-state index in [0.717, 1.165) is 16.6 Å². The van der Waals surface area contributed by atoms with Crippen LogP contribution in [0.5, 0.6) is 0 Å². The summed E-state index contributed by atoms with van der Waals surface area (Å²) in [5.74, 6) is -1.30. The van der Waals surface area contributed by atoms with Crippen LogP contribution in [0.15, 0.2) is 84.0 Å². The normalized spacial score (nSPS) is 17.8. The molecule has 10 nitrogen and oxygen atoms in total. The Hall–Kier alpha value is -4.60. The van der Waals surface area contributed by atoms with Gasteiger partial charge in [-0.1, -0.05) is 70.2 Å². The van der Waals surface area contributed by atoms with E-state index in [-0.39, 0.29) is 0 Å². The lowest BCUT2D eigenvalue weighted by Crippen LogP contribution is -2.37. The third-order valence-corrected chi connectivity index (χ3v) is 5.96. The van der Waals surface area contributed by atoms with Gasteiger partial charge < -0.3 is 9.57 Å². The number of hydrogen-bond donors (Lipinski definition) is 0. The van der Waals surface area contributed by atoms with Gasteiger partial charge in [0.2, 0.25) is 0 Å². The Balaban J connectivity index is 1.56. The summed E-state index contributed by atoms with van der Waals surface area (Å²) < 4.78 is 8.55. The summed E-state index contributed by atoms with van der Waals surface area (Å²) in [6.07, 6.45) is -1.42. The van der Waals surface area contributed by atoms with Crippen molar-refractivity contribution in [3.63, 3.8) is 0 Å². The maximum Gasteiger partial charge on any atom is 0.319 e. The number of methoxy groups -OCH3 is 1. The van der Waals surface area contributed by atoms with E-state index in [1.165, 1.54) is 7.11 Å². The second kappa shape index (κ2) is 8.07. The highest BCUT2D eigenvalue weighted by atomic mass is 16.6. The van der Waals surface area contributed by atoms with Crippen molar-refractivity contribution in [1.29, 1.82) is 0 Å². The number of hydrogen-bond acceptors (Lipinski definition) is 8. The SMILES string of the molecule is COC(=O)C1C(C(n2nnc3ccccc32)n2nnc3ccccc32)=NOC1c1ccccc1. The Morgan fingerprint density at radius 2 is 1.41 bits per heavy atom. The number of carbonyl (C=O) groups is 1. The van der Waals surface area contributed by atoms with Crippen LogP contribution in [0.2, 0.25) is 0 Å². The van der Waals surface area contributed by atoms with Crippen LogP contribution in [-0.4, -0.2) is 48.8 Å². The van der Waals surface area contributed by atoms with Gasteiger partial charge in [-0.3, -0.25) is 4.79 Å². The average molecular weight is 453 g/mol. The average Bonchev–Trinajstić information content (AvgIpc) is 3.63. The highest BCUT2D eigenvalue weighted by molar-refractivity contribution is 6.06. The summed E-state index contributed by atoms with van der Waals surface area (Å²) in [7, 11) is 1.35. The zero-order valence-corrected chi connectivity index (χ0v) is 18.1. The molecule has 1 aliphatic heterocycles. The molecule has 5 aromatic rings. The van der Waals surface area contributed by atoms with Crippen LogP contribution < -0.4 is 0 Å². The van der Waals surface area contributed by atoms with Gasteiger partial charge in [-0.25, -0.2) is 9.36 Å². The number of benzene rings is 3. The van der Waals surface area contributed by atoms with Crippen molar-refractivity contribution in [3.8, 4) is 0 Å². The van der Waals surface area contributed by atoms with Gasteiger partial charge in [-0.05, 0) is 29.8 Å². The molecule has 6 rings (SSSR count). The molecule has 2 unspecified atom stereocenters. The first-order valence-electron chi connectivity index (χ1n) is 10.7. The molecule has 0 N–H and O–H groups in total. The molecule has 34 heavy (non-hydrogen) atoms. The van der Waals surface area contributed by atoms with Gasteiger partial charge in [0.25, 0.3) is 0 Å². The zero-order chi connectivity index (χ0) is 23.1. The van der Waals surface area contributed by atoms with E-state index >= 15 is 0 Å². The van der Waals surface area contributed by atoms with Gasteiger partial charge >= 0.3 is 5.97 Å².